The Balaban J connectivity index is 1.53. The van der Waals surface area contributed by atoms with Crippen LogP contribution in [0, 0.1) is 6.92 Å². The van der Waals surface area contributed by atoms with Crippen molar-refractivity contribution in [1.29, 1.82) is 0 Å². The summed E-state index contributed by atoms with van der Waals surface area (Å²) in [7, 11) is 1.68. The first-order valence-corrected chi connectivity index (χ1v) is 10.2. The number of piperidine rings is 1. The highest BCUT2D eigenvalue weighted by Crippen LogP contribution is 2.24. The molecule has 2 aromatic rings. The van der Waals surface area contributed by atoms with Gasteiger partial charge in [0.05, 0.1) is 0 Å². The summed E-state index contributed by atoms with van der Waals surface area (Å²) >= 11 is 6.01. The number of hydrogen-bond acceptors (Lipinski definition) is 4. The number of nitrogens with one attached hydrogen (secondary N) is 2. The van der Waals surface area contributed by atoms with Crippen molar-refractivity contribution in [1.82, 2.24) is 15.6 Å². The van der Waals surface area contributed by atoms with Crippen LogP contribution in [-0.2, 0) is 6.54 Å². The first kappa shape index (κ1) is 22.1. The molecule has 0 bridgehead atoms. The van der Waals surface area contributed by atoms with Gasteiger partial charge in [0.1, 0.15) is 11.6 Å². The third-order valence-electron chi connectivity index (χ3n) is 4.94. The van der Waals surface area contributed by atoms with Gasteiger partial charge in [-0.15, -0.1) is 0 Å². The van der Waals surface area contributed by atoms with E-state index in [9.17, 15) is 8.78 Å². The van der Waals surface area contributed by atoms with Crippen LogP contribution < -0.4 is 20.3 Å². The molecule has 30 heavy (non-hydrogen) atoms. The van der Waals surface area contributed by atoms with Crippen LogP contribution in [0.4, 0.5) is 14.6 Å². The number of aromatic nitrogens is 1. The van der Waals surface area contributed by atoms with Gasteiger partial charge in [-0.05, 0) is 50.1 Å². The van der Waals surface area contributed by atoms with Crippen LogP contribution in [0.25, 0.3) is 0 Å². The zero-order chi connectivity index (χ0) is 21.5. The second-order valence-electron chi connectivity index (χ2n) is 7.10. The predicted molar refractivity (Wildman–Crippen MR) is 116 cm³/mol. The number of nitrogens with zero attached hydrogens (tertiary/aromatic N) is 3. The Morgan fingerprint density at radius 3 is 2.73 bits per heavy atom. The monoisotopic (exact) mass is 437 g/mol. The van der Waals surface area contributed by atoms with Gasteiger partial charge >= 0.3 is 6.61 Å². The van der Waals surface area contributed by atoms with Crippen LogP contribution in [0.3, 0.4) is 0 Å². The molecule has 0 saturated carbocycles. The lowest BCUT2D eigenvalue weighted by Crippen LogP contribution is -2.48. The number of halogens is 3. The van der Waals surface area contributed by atoms with Gasteiger partial charge in [-0.2, -0.15) is 8.78 Å². The number of pyridine rings is 1. The molecule has 9 heteroatoms. The maximum Gasteiger partial charge on any atom is 0.387 e. The summed E-state index contributed by atoms with van der Waals surface area (Å²) in [5.41, 5.74) is 1.54. The van der Waals surface area contributed by atoms with Crippen molar-refractivity contribution in [3.8, 4) is 5.75 Å². The summed E-state index contributed by atoms with van der Waals surface area (Å²) in [6, 6.07) is 10.9. The molecule has 0 radical (unpaired) electrons. The Morgan fingerprint density at radius 2 is 2.07 bits per heavy atom. The number of ether oxygens (including phenoxy) is 1. The lowest BCUT2D eigenvalue weighted by Gasteiger charge is -2.34. The number of benzene rings is 1. The van der Waals surface area contributed by atoms with Crippen LogP contribution in [0.2, 0.25) is 5.02 Å². The molecule has 1 aromatic carbocycles. The maximum atomic E-state index is 12.6. The van der Waals surface area contributed by atoms with Crippen LogP contribution in [-0.4, -0.2) is 43.7 Å². The van der Waals surface area contributed by atoms with E-state index in [1.54, 1.807) is 13.1 Å². The van der Waals surface area contributed by atoms with Gasteiger partial charge in [-0.3, -0.25) is 4.99 Å². The molecule has 0 aliphatic carbocycles. The van der Waals surface area contributed by atoms with Crippen LogP contribution >= 0.6 is 11.6 Å². The summed E-state index contributed by atoms with van der Waals surface area (Å²) < 4.78 is 29.8. The number of rotatable bonds is 6. The van der Waals surface area contributed by atoms with E-state index < -0.39 is 6.61 Å². The van der Waals surface area contributed by atoms with Gasteiger partial charge in [0.15, 0.2) is 5.96 Å². The predicted octanol–water partition coefficient (Wildman–Crippen LogP) is 3.98. The van der Waals surface area contributed by atoms with Gasteiger partial charge in [-0.25, -0.2) is 4.98 Å². The molecule has 1 aliphatic rings. The first-order valence-electron chi connectivity index (χ1n) is 9.83. The Hall–Kier alpha value is -2.61. The van der Waals surface area contributed by atoms with Crippen LogP contribution in [0.1, 0.15) is 24.1 Å². The minimum atomic E-state index is -2.89. The third-order valence-corrected chi connectivity index (χ3v) is 5.18. The molecule has 0 amide bonds. The minimum absolute atomic E-state index is 0.0938. The lowest BCUT2D eigenvalue weighted by molar-refractivity contribution is -0.0504. The quantitative estimate of drug-likeness (QED) is 0.528. The maximum absolute atomic E-state index is 12.6. The summed E-state index contributed by atoms with van der Waals surface area (Å²) in [5.74, 6) is 1.70. The van der Waals surface area contributed by atoms with E-state index in [1.165, 1.54) is 12.1 Å². The number of anilines is 1. The Kier molecular flexibility index (Phi) is 7.68. The molecular weight excluding hydrogens is 412 g/mol. The molecule has 0 spiro atoms. The summed E-state index contributed by atoms with van der Waals surface area (Å²) in [6.45, 7) is 1.15. The van der Waals surface area contributed by atoms with Crippen LogP contribution in [0.5, 0.6) is 5.75 Å². The van der Waals surface area contributed by atoms with E-state index >= 15 is 0 Å². The van der Waals surface area contributed by atoms with Gasteiger partial charge in [-0.1, -0.05) is 17.7 Å². The van der Waals surface area contributed by atoms with Gasteiger partial charge in [0, 0.05) is 49.0 Å². The van der Waals surface area contributed by atoms with Gasteiger partial charge in [0.2, 0.25) is 0 Å². The molecule has 0 atom stereocenters. The Labute approximate surface area is 180 Å². The molecule has 1 saturated heterocycles. The normalized spacial score (nSPS) is 15.4. The molecule has 2 heterocycles. The molecule has 1 aliphatic heterocycles. The topological polar surface area (TPSA) is 61.8 Å². The largest absolute Gasteiger partial charge is 0.434 e. The highest BCUT2D eigenvalue weighted by atomic mass is 35.5. The molecule has 0 unspecified atom stereocenters. The van der Waals surface area contributed by atoms with E-state index in [2.05, 4.69) is 30.2 Å². The van der Waals surface area contributed by atoms with Crippen molar-refractivity contribution in [3.63, 3.8) is 0 Å². The number of alkyl halides is 2. The minimum Gasteiger partial charge on any atom is -0.434 e. The van der Waals surface area contributed by atoms with Crippen molar-refractivity contribution in [2.45, 2.75) is 39.0 Å². The summed E-state index contributed by atoms with van der Waals surface area (Å²) in [4.78, 5) is 11.1. The second kappa shape index (κ2) is 10.4. The number of guanidine groups is 1. The fourth-order valence-corrected chi connectivity index (χ4v) is 3.62. The molecule has 1 aromatic heterocycles. The highest BCUT2D eigenvalue weighted by molar-refractivity contribution is 6.30. The van der Waals surface area contributed by atoms with Gasteiger partial charge < -0.3 is 20.3 Å². The van der Waals surface area contributed by atoms with E-state index in [0.29, 0.717) is 16.5 Å². The van der Waals surface area contributed by atoms with Crippen molar-refractivity contribution >= 4 is 23.4 Å². The Morgan fingerprint density at radius 1 is 1.30 bits per heavy atom. The summed E-state index contributed by atoms with van der Waals surface area (Å²) in [6.07, 6.45) is 1.88. The van der Waals surface area contributed by atoms with Crippen molar-refractivity contribution < 1.29 is 13.5 Å². The standard InChI is InChI=1S/C21H26ClF2N5O/c1-14-4-3-5-19(27-14)29-10-8-17(9-11-29)28-21(25-2)26-13-15-12-16(22)6-7-18(15)30-20(23)24/h3-7,12,17,20H,8-11,13H2,1-2H3,(H2,25,26,28). The molecular formula is C21H26ClF2N5O. The molecule has 3 rings (SSSR count). The zero-order valence-electron chi connectivity index (χ0n) is 17.0. The lowest BCUT2D eigenvalue weighted by atomic mass is 10.1. The van der Waals surface area contributed by atoms with Crippen molar-refractivity contribution in [3.05, 3.63) is 52.7 Å². The first-order chi connectivity index (χ1) is 14.4. The van der Waals surface area contributed by atoms with Crippen molar-refractivity contribution in [2.75, 3.05) is 25.0 Å². The van der Waals surface area contributed by atoms with E-state index in [1.807, 2.05) is 25.1 Å². The SMILES string of the molecule is CN=C(NCc1cc(Cl)ccc1OC(F)F)NC1CCN(c2cccc(C)n2)CC1. The smallest absolute Gasteiger partial charge is 0.387 e. The Bertz CT molecular complexity index is 872. The van der Waals surface area contributed by atoms with E-state index in [0.717, 1.165) is 37.4 Å². The second-order valence-corrected chi connectivity index (χ2v) is 7.54. The molecule has 2 N–H and O–H groups in total. The molecule has 162 valence electrons. The zero-order valence-corrected chi connectivity index (χ0v) is 17.8. The average Bonchev–Trinajstić information content (AvgIpc) is 2.73. The number of aryl methyl sites for hydroxylation is 1. The fraction of sp³-hybridized carbons (Fsp3) is 0.429. The molecule has 6 nitrogen and oxygen atoms in total. The van der Waals surface area contributed by atoms with E-state index in [-0.39, 0.29) is 18.3 Å². The average molecular weight is 438 g/mol. The molecule has 1 fully saturated rings. The number of aliphatic imine (C=N–C) groups is 1. The third kappa shape index (κ3) is 6.19. The number of hydrogen-bond donors (Lipinski definition) is 2. The van der Waals surface area contributed by atoms with Crippen LogP contribution in [0.15, 0.2) is 41.4 Å². The van der Waals surface area contributed by atoms with Gasteiger partial charge in [0.25, 0.3) is 0 Å². The fourth-order valence-electron chi connectivity index (χ4n) is 3.42. The summed E-state index contributed by atoms with van der Waals surface area (Å²) in [5, 5.41) is 7.01. The highest BCUT2D eigenvalue weighted by Gasteiger charge is 2.21. The van der Waals surface area contributed by atoms with E-state index in [4.69, 9.17) is 11.6 Å². The van der Waals surface area contributed by atoms with Crippen molar-refractivity contribution in [2.24, 2.45) is 4.99 Å².